The van der Waals surface area contributed by atoms with Crippen LogP contribution in [0.3, 0.4) is 0 Å². The van der Waals surface area contributed by atoms with Gasteiger partial charge in [-0.1, -0.05) is 19.3 Å². The van der Waals surface area contributed by atoms with Crippen molar-refractivity contribution in [3.05, 3.63) is 12.3 Å². The Bertz CT molecular complexity index is 307. The van der Waals surface area contributed by atoms with Gasteiger partial charge in [0.2, 0.25) is 5.95 Å². The third-order valence-corrected chi connectivity index (χ3v) is 2.84. The summed E-state index contributed by atoms with van der Waals surface area (Å²) >= 11 is 0. The van der Waals surface area contributed by atoms with E-state index in [0.717, 1.165) is 5.82 Å². The topological polar surface area (TPSA) is 49.8 Å². The van der Waals surface area contributed by atoms with Crippen LogP contribution >= 0.6 is 0 Å². The predicted octanol–water partition coefficient (Wildman–Crippen LogP) is 2.26. The standard InChI is InChI=1S/C11H18N4/c1-12-11-13-8-7-10(15-11)14-9-5-3-2-4-6-9/h7-9H,2-6H2,1H3,(H2,12,13,14,15). The van der Waals surface area contributed by atoms with Gasteiger partial charge in [0, 0.05) is 19.3 Å². The Kier molecular flexibility index (Phi) is 3.37. The molecule has 82 valence electrons. The van der Waals surface area contributed by atoms with Crippen molar-refractivity contribution >= 4 is 11.8 Å². The van der Waals surface area contributed by atoms with Crippen LogP contribution in [0.5, 0.6) is 0 Å². The van der Waals surface area contributed by atoms with Crippen LogP contribution in [-0.2, 0) is 0 Å². The fraction of sp³-hybridized carbons (Fsp3) is 0.636. The number of rotatable bonds is 3. The van der Waals surface area contributed by atoms with Gasteiger partial charge in [-0.2, -0.15) is 4.98 Å². The molecule has 4 heteroatoms. The molecule has 2 N–H and O–H groups in total. The van der Waals surface area contributed by atoms with Gasteiger partial charge in [0.15, 0.2) is 0 Å². The number of hydrogen-bond donors (Lipinski definition) is 2. The Hall–Kier alpha value is -1.32. The number of anilines is 2. The van der Waals surface area contributed by atoms with Crippen molar-refractivity contribution in [1.29, 1.82) is 0 Å². The molecule has 1 aliphatic carbocycles. The Morgan fingerprint density at radius 1 is 1.27 bits per heavy atom. The number of nitrogens with one attached hydrogen (secondary N) is 2. The highest BCUT2D eigenvalue weighted by Gasteiger charge is 2.13. The zero-order valence-corrected chi connectivity index (χ0v) is 9.16. The van der Waals surface area contributed by atoms with Gasteiger partial charge in [-0.05, 0) is 18.9 Å². The molecule has 0 bridgehead atoms. The maximum atomic E-state index is 4.35. The maximum Gasteiger partial charge on any atom is 0.224 e. The minimum Gasteiger partial charge on any atom is -0.367 e. The third-order valence-electron chi connectivity index (χ3n) is 2.84. The summed E-state index contributed by atoms with van der Waals surface area (Å²) in [5, 5.41) is 6.41. The summed E-state index contributed by atoms with van der Waals surface area (Å²) in [7, 11) is 1.83. The average molecular weight is 206 g/mol. The van der Waals surface area contributed by atoms with Gasteiger partial charge in [-0.3, -0.25) is 0 Å². The van der Waals surface area contributed by atoms with Gasteiger partial charge in [0.25, 0.3) is 0 Å². The van der Waals surface area contributed by atoms with Crippen LogP contribution in [0.25, 0.3) is 0 Å². The summed E-state index contributed by atoms with van der Waals surface area (Å²) in [6.07, 6.45) is 8.36. The van der Waals surface area contributed by atoms with E-state index < -0.39 is 0 Å². The number of hydrogen-bond acceptors (Lipinski definition) is 4. The lowest BCUT2D eigenvalue weighted by atomic mass is 9.95. The molecule has 1 aromatic rings. The fourth-order valence-corrected chi connectivity index (χ4v) is 2.02. The molecule has 1 heterocycles. The van der Waals surface area contributed by atoms with Crippen LogP contribution in [0, 0.1) is 0 Å². The zero-order valence-electron chi connectivity index (χ0n) is 9.16. The first-order valence-electron chi connectivity index (χ1n) is 5.66. The summed E-state index contributed by atoms with van der Waals surface area (Å²) in [6, 6.07) is 2.52. The smallest absolute Gasteiger partial charge is 0.224 e. The van der Waals surface area contributed by atoms with E-state index >= 15 is 0 Å². The molecule has 15 heavy (non-hydrogen) atoms. The fourth-order valence-electron chi connectivity index (χ4n) is 2.02. The van der Waals surface area contributed by atoms with Crippen LogP contribution in [-0.4, -0.2) is 23.1 Å². The molecule has 0 amide bonds. The Morgan fingerprint density at radius 3 is 2.80 bits per heavy atom. The second-order valence-corrected chi connectivity index (χ2v) is 3.99. The summed E-state index contributed by atoms with van der Waals surface area (Å²) in [5.74, 6) is 1.61. The molecule has 0 spiro atoms. The second kappa shape index (κ2) is 4.96. The van der Waals surface area contributed by atoms with Gasteiger partial charge >= 0.3 is 0 Å². The molecule has 2 rings (SSSR count). The lowest BCUT2D eigenvalue weighted by Gasteiger charge is -2.23. The van der Waals surface area contributed by atoms with Crippen molar-refractivity contribution in [2.45, 2.75) is 38.1 Å². The molecule has 1 fully saturated rings. The normalized spacial score (nSPS) is 17.4. The second-order valence-electron chi connectivity index (χ2n) is 3.99. The first-order chi connectivity index (χ1) is 7.38. The highest BCUT2D eigenvalue weighted by molar-refractivity contribution is 5.39. The van der Waals surface area contributed by atoms with Crippen LogP contribution < -0.4 is 10.6 Å². The summed E-state index contributed by atoms with van der Waals surface area (Å²) in [6.45, 7) is 0. The number of nitrogens with zero attached hydrogens (tertiary/aromatic N) is 2. The molecule has 0 unspecified atom stereocenters. The van der Waals surface area contributed by atoms with E-state index in [4.69, 9.17) is 0 Å². The van der Waals surface area contributed by atoms with Gasteiger partial charge < -0.3 is 10.6 Å². The van der Waals surface area contributed by atoms with Gasteiger partial charge in [-0.25, -0.2) is 4.98 Å². The van der Waals surface area contributed by atoms with E-state index in [1.54, 1.807) is 6.20 Å². The van der Waals surface area contributed by atoms with Crippen molar-refractivity contribution in [1.82, 2.24) is 9.97 Å². The van der Waals surface area contributed by atoms with E-state index in [2.05, 4.69) is 20.6 Å². The molecule has 0 saturated heterocycles. The highest BCUT2D eigenvalue weighted by Crippen LogP contribution is 2.20. The van der Waals surface area contributed by atoms with Crippen molar-refractivity contribution in [3.8, 4) is 0 Å². The molecule has 0 aliphatic heterocycles. The molecular formula is C11H18N4. The van der Waals surface area contributed by atoms with Crippen LogP contribution in [0.4, 0.5) is 11.8 Å². The monoisotopic (exact) mass is 206 g/mol. The first-order valence-corrected chi connectivity index (χ1v) is 5.66. The summed E-state index contributed by atoms with van der Waals surface area (Å²) < 4.78 is 0. The number of aromatic nitrogens is 2. The van der Waals surface area contributed by atoms with Crippen LogP contribution in [0.2, 0.25) is 0 Å². The SMILES string of the molecule is CNc1nccc(NC2CCCCC2)n1. The van der Waals surface area contributed by atoms with Crippen LogP contribution in [0.15, 0.2) is 12.3 Å². The van der Waals surface area contributed by atoms with E-state index in [1.165, 1.54) is 32.1 Å². The Balaban J connectivity index is 1.96. The van der Waals surface area contributed by atoms with E-state index in [-0.39, 0.29) is 0 Å². The van der Waals surface area contributed by atoms with Gasteiger partial charge in [-0.15, -0.1) is 0 Å². The van der Waals surface area contributed by atoms with E-state index in [1.807, 2.05) is 13.1 Å². The van der Waals surface area contributed by atoms with Crippen molar-refractivity contribution in [2.75, 3.05) is 17.7 Å². The molecule has 1 aliphatic rings. The van der Waals surface area contributed by atoms with Crippen molar-refractivity contribution in [2.24, 2.45) is 0 Å². The van der Waals surface area contributed by atoms with Gasteiger partial charge in [0.05, 0.1) is 0 Å². The van der Waals surface area contributed by atoms with Gasteiger partial charge in [0.1, 0.15) is 5.82 Å². The lowest BCUT2D eigenvalue weighted by molar-refractivity contribution is 0.462. The summed E-state index contributed by atoms with van der Waals surface area (Å²) in [5.41, 5.74) is 0. The molecular weight excluding hydrogens is 188 g/mol. The maximum absolute atomic E-state index is 4.35. The average Bonchev–Trinajstić information content (AvgIpc) is 2.31. The minimum atomic E-state index is 0.596. The molecule has 0 atom stereocenters. The third kappa shape index (κ3) is 2.81. The lowest BCUT2D eigenvalue weighted by Crippen LogP contribution is -2.22. The summed E-state index contributed by atoms with van der Waals surface area (Å²) in [4.78, 5) is 8.44. The molecule has 4 nitrogen and oxygen atoms in total. The molecule has 1 saturated carbocycles. The zero-order chi connectivity index (χ0) is 10.5. The van der Waals surface area contributed by atoms with E-state index in [0.29, 0.717) is 12.0 Å². The quantitative estimate of drug-likeness (QED) is 0.796. The predicted molar refractivity (Wildman–Crippen MR) is 62.1 cm³/mol. The molecule has 0 radical (unpaired) electrons. The molecule has 1 aromatic heterocycles. The van der Waals surface area contributed by atoms with Crippen molar-refractivity contribution in [3.63, 3.8) is 0 Å². The van der Waals surface area contributed by atoms with Crippen molar-refractivity contribution < 1.29 is 0 Å². The van der Waals surface area contributed by atoms with Crippen LogP contribution in [0.1, 0.15) is 32.1 Å². The van der Waals surface area contributed by atoms with E-state index in [9.17, 15) is 0 Å². The molecule has 0 aromatic carbocycles. The highest BCUT2D eigenvalue weighted by atomic mass is 15.1. The largest absolute Gasteiger partial charge is 0.367 e. The minimum absolute atomic E-state index is 0.596. The Morgan fingerprint density at radius 2 is 2.07 bits per heavy atom. The Labute approximate surface area is 90.5 Å². The first kappa shape index (κ1) is 10.2.